The Balaban J connectivity index is 3.10. The summed E-state index contributed by atoms with van der Waals surface area (Å²) in [6.07, 6.45) is 5.24. The van der Waals surface area contributed by atoms with Gasteiger partial charge < -0.3 is 15.2 Å². The average Bonchev–Trinajstić information content (AvgIpc) is 2.40. The topological polar surface area (TPSA) is 56.5 Å². The summed E-state index contributed by atoms with van der Waals surface area (Å²) in [5, 5.41) is 3.18. The fraction of sp³-hybridized carbons (Fsp3) is 0.385. The third-order valence-corrected chi connectivity index (χ3v) is 3.25. The number of nitrogens with two attached hydrogens (primary N) is 1. The van der Waals surface area contributed by atoms with Gasteiger partial charge in [-0.15, -0.1) is 6.42 Å². The van der Waals surface area contributed by atoms with E-state index < -0.39 is 0 Å². The first kappa shape index (κ1) is 14.8. The second-order valence-corrected chi connectivity index (χ2v) is 4.46. The Morgan fingerprint density at radius 3 is 2.50 bits per heavy atom. The van der Waals surface area contributed by atoms with Crippen LogP contribution in [0.4, 0.5) is 0 Å². The third-order valence-electron chi connectivity index (χ3n) is 2.56. The van der Waals surface area contributed by atoms with Crippen LogP contribution in [0.3, 0.4) is 0 Å². The van der Waals surface area contributed by atoms with E-state index in [2.05, 4.69) is 27.2 Å². The first-order valence-corrected chi connectivity index (χ1v) is 6.25. The number of ether oxygens (including phenoxy) is 2. The van der Waals surface area contributed by atoms with Crippen molar-refractivity contribution in [3.63, 3.8) is 0 Å². The van der Waals surface area contributed by atoms with Crippen molar-refractivity contribution in [2.75, 3.05) is 27.3 Å². The van der Waals surface area contributed by atoms with Crippen molar-refractivity contribution in [3.8, 4) is 23.8 Å². The molecule has 0 aromatic heterocycles. The molecule has 5 heteroatoms. The maximum absolute atomic E-state index is 5.75. The molecule has 0 spiro atoms. The number of hydrogen-bond donors (Lipinski definition) is 2. The summed E-state index contributed by atoms with van der Waals surface area (Å²) in [4.78, 5) is 0. The van der Waals surface area contributed by atoms with Crippen molar-refractivity contribution in [1.29, 1.82) is 0 Å². The molecular formula is C13H17BrN2O2. The van der Waals surface area contributed by atoms with Gasteiger partial charge in [-0.1, -0.05) is 21.9 Å². The minimum atomic E-state index is -0.0322. The van der Waals surface area contributed by atoms with E-state index in [9.17, 15) is 0 Å². The zero-order chi connectivity index (χ0) is 13.5. The summed E-state index contributed by atoms with van der Waals surface area (Å²) >= 11 is 3.50. The van der Waals surface area contributed by atoms with E-state index in [4.69, 9.17) is 21.6 Å². The minimum absolute atomic E-state index is 0.0322. The highest BCUT2D eigenvalue weighted by atomic mass is 79.9. The molecule has 0 amide bonds. The van der Waals surface area contributed by atoms with Gasteiger partial charge in [-0.3, -0.25) is 5.32 Å². The fourth-order valence-electron chi connectivity index (χ4n) is 1.64. The van der Waals surface area contributed by atoms with Crippen LogP contribution in [0.25, 0.3) is 0 Å². The van der Waals surface area contributed by atoms with E-state index in [1.165, 1.54) is 0 Å². The van der Waals surface area contributed by atoms with Crippen LogP contribution in [0, 0.1) is 12.3 Å². The zero-order valence-electron chi connectivity index (χ0n) is 10.5. The number of hydrogen-bond acceptors (Lipinski definition) is 4. The smallest absolute Gasteiger partial charge is 0.161 e. The first-order valence-electron chi connectivity index (χ1n) is 5.46. The van der Waals surface area contributed by atoms with Crippen molar-refractivity contribution in [2.24, 2.45) is 5.73 Å². The van der Waals surface area contributed by atoms with Gasteiger partial charge in [0.15, 0.2) is 11.5 Å². The number of benzene rings is 1. The molecule has 0 aliphatic carbocycles. The van der Waals surface area contributed by atoms with Crippen LogP contribution >= 0.6 is 15.9 Å². The molecule has 0 saturated heterocycles. The van der Waals surface area contributed by atoms with Crippen LogP contribution in [0.5, 0.6) is 11.5 Å². The Labute approximate surface area is 116 Å². The maximum atomic E-state index is 5.75. The molecule has 0 saturated carbocycles. The monoisotopic (exact) mass is 312 g/mol. The van der Waals surface area contributed by atoms with Crippen molar-refractivity contribution < 1.29 is 9.47 Å². The Kier molecular flexibility index (Phi) is 5.99. The molecule has 0 heterocycles. The molecule has 18 heavy (non-hydrogen) atoms. The SMILES string of the molecule is C#CCNC(CN)c1cc(OC)c(OC)cc1Br. The van der Waals surface area contributed by atoms with Gasteiger partial charge >= 0.3 is 0 Å². The van der Waals surface area contributed by atoms with E-state index in [-0.39, 0.29) is 6.04 Å². The normalized spacial score (nSPS) is 11.7. The van der Waals surface area contributed by atoms with Crippen molar-refractivity contribution in [1.82, 2.24) is 5.32 Å². The molecule has 0 aliphatic rings. The molecule has 1 aromatic rings. The number of methoxy groups -OCH3 is 2. The molecule has 0 aliphatic heterocycles. The fourth-order valence-corrected chi connectivity index (χ4v) is 2.24. The molecule has 3 N–H and O–H groups in total. The number of rotatable bonds is 6. The Hall–Kier alpha value is -1.22. The Morgan fingerprint density at radius 1 is 1.39 bits per heavy atom. The zero-order valence-corrected chi connectivity index (χ0v) is 12.1. The lowest BCUT2D eigenvalue weighted by atomic mass is 10.1. The lowest BCUT2D eigenvalue weighted by molar-refractivity contribution is 0.353. The summed E-state index contributed by atoms with van der Waals surface area (Å²) < 4.78 is 11.4. The van der Waals surface area contributed by atoms with E-state index in [0.29, 0.717) is 24.6 Å². The van der Waals surface area contributed by atoms with E-state index in [1.807, 2.05) is 12.1 Å². The molecule has 1 atom stereocenters. The van der Waals surface area contributed by atoms with Gasteiger partial charge in [0.05, 0.1) is 20.8 Å². The summed E-state index contributed by atoms with van der Waals surface area (Å²) in [7, 11) is 3.20. The van der Waals surface area contributed by atoms with Gasteiger partial charge in [-0.05, 0) is 17.7 Å². The minimum Gasteiger partial charge on any atom is -0.493 e. The number of halogens is 1. The molecule has 0 radical (unpaired) electrons. The summed E-state index contributed by atoms with van der Waals surface area (Å²) in [6, 6.07) is 3.72. The van der Waals surface area contributed by atoms with Crippen LogP contribution in [0.2, 0.25) is 0 Å². The lowest BCUT2D eigenvalue weighted by Crippen LogP contribution is -2.28. The molecule has 1 rings (SSSR count). The second-order valence-electron chi connectivity index (χ2n) is 3.60. The summed E-state index contributed by atoms with van der Waals surface area (Å²) in [6.45, 7) is 0.901. The molecule has 0 fully saturated rings. The van der Waals surface area contributed by atoms with Gasteiger partial charge in [0.2, 0.25) is 0 Å². The van der Waals surface area contributed by atoms with Crippen LogP contribution in [0.15, 0.2) is 16.6 Å². The van der Waals surface area contributed by atoms with Gasteiger partial charge in [0, 0.05) is 17.1 Å². The highest BCUT2D eigenvalue weighted by Gasteiger charge is 2.16. The van der Waals surface area contributed by atoms with Crippen molar-refractivity contribution >= 4 is 15.9 Å². The molecular weight excluding hydrogens is 296 g/mol. The molecule has 4 nitrogen and oxygen atoms in total. The van der Waals surface area contributed by atoms with Gasteiger partial charge in [-0.2, -0.15) is 0 Å². The van der Waals surface area contributed by atoms with E-state index in [0.717, 1.165) is 10.0 Å². The van der Waals surface area contributed by atoms with Crippen LogP contribution in [-0.4, -0.2) is 27.3 Å². The molecule has 1 aromatic carbocycles. The van der Waals surface area contributed by atoms with Crippen LogP contribution in [0.1, 0.15) is 11.6 Å². The summed E-state index contributed by atoms with van der Waals surface area (Å²) in [5.41, 5.74) is 6.74. The van der Waals surface area contributed by atoms with Crippen molar-refractivity contribution in [3.05, 3.63) is 22.2 Å². The maximum Gasteiger partial charge on any atom is 0.161 e. The van der Waals surface area contributed by atoms with Crippen LogP contribution in [-0.2, 0) is 0 Å². The Bertz CT molecular complexity index is 443. The van der Waals surface area contributed by atoms with Gasteiger partial charge in [0.25, 0.3) is 0 Å². The number of terminal acetylenes is 1. The number of nitrogens with one attached hydrogen (secondary N) is 1. The van der Waals surface area contributed by atoms with Crippen molar-refractivity contribution in [2.45, 2.75) is 6.04 Å². The van der Waals surface area contributed by atoms with Crippen LogP contribution < -0.4 is 20.5 Å². The predicted octanol–water partition coefficient (Wildman–Crippen LogP) is 1.69. The van der Waals surface area contributed by atoms with Gasteiger partial charge in [0.1, 0.15) is 0 Å². The third kappa shape index (κ3) is 3.39. The highest BCUT2D eigenvalue weighted by Crippen LogP contribution is 2.35. The Morgan fingerprint density at radius 2 is 2.00 bits per heavy atom. The largest absolute Gasteiger partial charge is 0.493 e. The van der Waals surface area contributed by atoms with E-state index in [1.54, 1.807) is 14.2 Å². The quantitative estimate of drug-likeness (QED) is 0.785. The molecule has 1 unspecified atom stereocenters. The predicted molar refractivity (Wildman–Crippen MR) is 75.9 cm³/mol. The van der Waals surface area contributed by atoms with E-state index >= 15 is 0 Å². The average molecular weight is 313 g/mol. The second kappa shape index (κ2) is 7.27. The standard InChI is InChI=1S/C13H17BrN2O2/c1-4-5-16-11(8-15)9-6-12(17-2)13(18-3)7-10(9)14/h1,6-7,11,16H,5,8,15H2,2-3H3. The lowest BCUT2D eigenvalue weighted by Gasteiger charge is -2.19. The molecule has 98 valence electrons. The highest BCUT2D eigenvalue weighted by molar-refractivity contribution is 9.10. The first-order chi connectivity index (χ1) is 8.67. The summed E-state index contributed by atoms with van der Waals surface area (Å²) in [5.74, 6) is 3.87. The van der Waals surface area contributed by atoms with Gasteiger partial charge in [-0.25, -0.2) is 0 Å². The molecule has 0 bridgehead atoms.